The molecule has 1 fully saturated rings. The van der Waals surface area contributed by atoms with Crippen molar-refractivity contribution >= 4 is 21.7 Å². The number of nitrogens with zero attached hydrogens (tertiary/aromatic N) is 3. The molecular formula is C19H23N3O5S. The van der Waals surface area contributed by atoms with E-state index in [9.17, 15) is 18.0 Å². The summed E-state index contributed by atoms with van der Waals surface area (Å²) in [6.07, 6.45) is 0.403. The van der Waals surface area contributed by atoms with Crippen LogP contribution in [0.4, 0.5) is 0 Å². The zero-order valence-corrected chi connectivity index (χ0v) is 16.9. The van der Waals surface area contributed by atoms with Crippen LogP contribution in [0, 0.1) is 13.8 Å². The highest BCUT2D eigenvalue weighted by atomic mass is 32.2. The van der Waals surface area contributed by atoms with E-state index in [2.05, 4.69) is 5.10 Å². The van der Waals surface area contributed by atoms with Crippen LogP contribution in [0.2, 0.25) is 0 Å². The van der Waals surface area contributed by atoms with Gasteiger partial charge in [-0.3, -0.25) is 4.79 Å². The number of esters is 1. The smallest absolute Gasteiger partial charge is 0.342 e. The van der Waals surface area contributed by atoms with Crippen LogP contribution in [0.15, 0.2) is 30.3 Å². The van der Waals surface area contributed by atoms with Gasteiger partial charge in [0, 0.05) is 13.1 Å². The van der Waals surface area contributed by atoms with Gasteiger partial charge in [-0.15, -0.1) is 0 Å². The van der Waals surface area contributed by atoms with E-state index in [1.54, 1.807) is 18.5 Å². The minimum Gasteiger partial charge on any atom is -0.452 e. The summed E-state index contributed by atoms with van der Waals surface area (Å²) in [6, 6.07) is 9.02. The van der Waals surface area contributed by atoms with Gasteiger partial charge in [-0.05, 0) is 32.4 Å². The number of ether oxygens (including phenoxy) is 1. The first-order chi connectivity index (χ1) is 13.2. The molecule has 1 aromatic heterocycles. The standard InChI is InChI=1S/C19H23N3O5S/c1-13-18(14(2)22(20-13)15-7-5-4-6-8-15)19(24)27-11-17(23)21(3)16-9-10-28(25,26)12-16/h4-8,16H,9-12H2,1-3H3/t16-/m0/s1. The minimum atomic E-state index is -3.10. The number of para-hydroxylation sites is 1. The van der Waals surface area contributed by atoms with Crippen LogP contribution in [0.25, 0.3) is 5.69 Å². The molecule has 3 rings (SSSR count). The van der Waals surface area contributed by atoms with Crippen molar-refractivity contribution in [2.45, 2.75) is 26.3 Å². The molecular weight excluding hydrogens is 382 g/mol. The van der Waals surface area contributed by atoms with Crippen molar-refractivity contribution < 1.29 is 22.7 Å². The van der Waals surface area contributed by atoms with Crippen LogP contribution in [0.3, 0.4) is 0 Å². The molecule has 28 heavy (non-hydrogen) atoms. The number of benzene rings is 1. The van der Waals surface area contributed by atoms with Crippen LogP contribution in [0.5, 0.6) is 0 Å². The summed E-state index contributed by atoms with van der Waals surface area (Å²) in [5, 5.41) is 4.40. The van der Waals surface area contributed by atoms with Crippen molar-refractivity contribution in [2.75, 3.05) is 25.2 Å². The molecule has 0 bridgehead atoms. The second-order valence-electron chi connectivity index (χ2n) is 6.93. The third-order valence-electron chi connectivity index (χ3n) is 4.97. The van der Waals surface area contributed by atoms with Gasteiger partial charge in [0.15, 0.2) is 16.4 Å². The summed E-state index contributed by atoms with van der Waals surface area (Å²) >= 11 is 0. The topological polar surface area (TPSA) is 98.6 Å². The highest BCUT2D eigenvalue weighted by Crippen LogP contribution is 2.19. The van der Waals surface area contributed by atoms with Crippen molar-refractivity contribution in [3.05, 3.63) is 47.3 Å². The van der Waals surface area contributed by atoms with E-state index in [1.807, 2.05) is 30.3 Å². The highest BCUT2D eigenvalue weighted by Gasteiger charge is 2.33. The molecule has 0 aliphatic carbocycles. The second kappa shape index (κ2) is 7.75. The molecule has 150 valence electrons. The Morgan fingerprint density at radius 3 is 2.54 bits per heavy atom. The van der Waals surface area contributed by atoms with E-state index in [-0.39, 0.29) is 17.5 Å². The number of carbonyl (C=O) groups is 2. The zero-order chi connectivity index (χ0) is 20.5. The second-order valence-corrected chi connectivity index (χ2v) is 9.16. The lowest BCUT2D eigenvalue weighted by molar-refractivity contribution is -0.134. The number of hydrogen-bond donors (Lipinski definition) is 0. The van der Waals surface area contributed by atoms with Crippen LogP contribution in [0.1, 0.15) is 28.2 Å². The molecule has 1 atom stereocenters. The van der Waals surface area contributed by atoms with Gasteiger partial charge in [0.25, 0.3) is 5.91 Å². The van der Waals surface area contributed by atoms with Gasteiger partial charge in [-0.25, -0.2) is 17.9 Å². The lowest BCUT2D eigenvalue weighted by Gasteiger charge is -2.23. The molecule has 0 spiro atoms. The number of sulfone groups is 1. The fraction of sp³-hybridized carbons (Fsp3) is 0.421. The third kappa shape index (κ3) is 4.09. The summed E-state index contributed by atoms with van der Waals surface area (Å²) in [5.74, 6) is -1.03. The number of likely N-dealkylation sites (N-methyl/N-ethyl adjacent to an activating group) is 1. The summed E-state index contributed by atoms with van der Waals surface area (Å²) in [6.45, 7) is 3.03. The average molecular weight is 405 g/mol. The molecule has 2 heterocycles. The third-order valence-corrected chi connectivity index (χ3v) is 6.72. The van der Waals surface area contributed by atoms with Gasteiger partial charge >= 0.3 is 5.97 Å². The Bertz CT molecular complexity index is 998. The largest absolute Gasteiger partial charge is 0.452 e. The van der Waals surface area contributed by atoms with Crippen LogP contribution >= 0.6 is 0 Å². The molecule has 2 aromatic rings. The first kappa shape index (κ1) is 20.1. The van der Waals surface area contributed by atoms with Crippen molar-refractivity contribution in [1.29, 1.82) is 0 Å². The van der Waals surface area contributed by atoms with E-state index in [1.165, 1.54) is 11.9 Å². The van der Waals surface area contributed by atoms with Gasteiger partial charge in [-0.1, -0.05) is 18.2 Å². The molecule has 1 amide bonds. The molecule has 0 saturated carbocycles. The molecule has 1 aliphatic rings. The summed E-state index contributed by atoms with van der Waals surface area (Å²) in [4.78, 5) is 26.2. The fourth-order valence-corrected chi connectivity index (χ4v) is 5.12. The van der Waals surface area contributed by atoms with E-state index in [0.29, 0.717) is 23.4 Å². The lowest BCUT2D eigenvalue weighted by Crippen LogP contribution is -2.40. The molecule has 8 nitrogen and oxygen atoms in total. The maximum Gasteiger partial charge on any atom is 0.342 e. The normalized spacial score (nSPS) is 18.0. The molecule has 9 heteroatoms. The van der Waals surface area contributed by atoms with Crippen molar-refractivity contribution in [3.8, 4) is 5.69 Å². The van der Waals surface area contributed by atoms with Crippen LogP contribution < -0.4 is 0 Å². The number of rotatable bonds is 5. The minimum absolute atomic E-state index is 0.0503. The highest BCUT2D eigenvalue weighted by molar-refractivity contribution is 7.91. The van der Waals surface area contributed by atoms with Crippen molar-refractivity contribution in [3.63, 3.8) is 0 Å². The fourth-order valence-electron chi connectivity index (χ4n) is 3.34. The summed E-state index contributed by atoms with van der Waals surface area (Å²) < 4.78 is 30.0. The van der Waals surface area contributed by atoms with E-state index in [0.717, 1.165) is 5.69 Å². The quantitative estimate of drug-likeness (QED) is 0.695. The molecule has 0 N–H and O–H groups in total. The monoisotopic (exact) mass is 405 g/mol. The van der Waals surface area contributed by atoms with Gasteiger partial charge < -0.3 is 9.64 Å². The predicted octanol–water partition coefficient (Wildman–Crippen LogP) is 1.29. The van der Waals surface area contributed by atoms with Crippen LogP contribution in [-0.4, -0.2) is 66.2 Å². The average Bonchev–Trinajstić information content (AvgIpc) is 3.18. The number of amides is 1. The molecule has 0 unspecified atom stereocenters. The summed E-state index contributed by atoms with van der Waals surface area (Å²) in [7, 11) is -1.56. The molecule has 1 aromatic carbocycles. The number of aryl methyl sites for hydroxylation is 1. The van der Waals surface area contributed by atoms with Crippen LogP contribution in [-0.2, 0) is 19.4 Å². The number of carbonyl (C=O) groups excluding carboxylic acids is 2. The zero-order valence-electron chi connectivity index (χ0n) is 16.1. The first-order valence-electron chi connectivity index (χ1n) is 8.94. The van der Waals surface area contributed by atoms with Gasteiger partial charge in [-0.2, -0.15) is 5.10 Å². The molecule has 1 aliphatic heterocycles. The van der Waals surface area contributed by atoms with Gasteiger partial charge in [0.1, 0.15) is 5.56 Å². The molecule has 1 saturated heterocycles. The first-order valence-corrected chi connectivity index (χ1v) is 10.8. The van der Waals surface area contributed by atoms with E-state index < -0.39 is 28.3 Å². The van der Waals surface area contributed by atoms with E-state index in [4.69, 9.17) is 4.74 Å². The van der Waals surface area contributed by atoms with Gasteiger partial charge in [0.05, 0.1) is 28.6 Å². The maximum absolute atomic E-state index is 12.5. The number of hydrogen-bond acceptors (Lipinski definition) is 6. The van der Waals surface area contributed by atoms with Crippen molar-refractivity contribution in [1.82, 2.24) is 14.7 Å². The Balaban J connectivity index is 1.67. The lowest BCUT2D eigenvalue weighted by atomic mass is 10.2. The predicted molar refractivity (Wildman–Crippen MR) is 103 cm³/mol. The Kier molecular flexibility index (Phi) is 5.55. The van der Waals surface area contributed by atoms with Gasteiger partial charge in [0.2, 0.25) is 0 Å². The number of aromatic nitrogens is 2. The molecule has 0 radical (unpaired) electrons. The van der Waals surface area contributed by atoms with Crippen molar-refractivity contribution in [2.24, 2.45) is 0 Å². The van der Waals surface area contributed by atoms with E-state index >= 15 is 0 Å². The maximum atomic E-state index is 12.5. The Morgan fingerprint density at radius 1 is 1.25 bits per heavy atom. The Hall–Kier alpha value is -2.68. The Morgan fingerprint density at radius 2 is 1.93 bits per heavy atom. The summed E-state index contributed by atoms with van der Waals surface area (Å²) in [5.41, 5.74) is 2.27. The Labute approximate surface area is 164 Å². The SMILES string of the molecule is Cc1nn(-c2ccccc2)c(C)c1C(=O)OCC(=O)N(C)[C@H]1CCS(=O)(=O)C1.